The monoisotopic (exact) mass is 221 g/mol. The van der Waals surface area contributed by atoms with Crippen molar-refractivity contribution < 1.29 is 9.53 Å². The lowest BCUT2D eigenvalue weighted by atomic mass is 9.95. The third-order valence-corrected chi connectivity index (χ3v) is 2.48. The second-order valence-electron chi connectivity index (χ2n) is 3.80. The summed E-state index contributed by atoms with van der Waals surface area (Å²) in [7, 11) is 0. The molecule has 0 radical (unpaired) electrons. The molecule has 3 nitrogen and oxygen atoms in total. The summed E-state index contributed by atoms with van der Waals surface area (Å²) in [6, 6.07) is 0.343. The summed E-state index contributed by atoms with van der Waals surface area (Å²) in [6.45, 7) is 5.59. The summed E-state index contributed by atoms with van der Waals surface area (Å²) in [6.07, 6.45) is 2.84. The van der Waals surface area contributed by atoms with Gasteiger partial charge in [0.25, 0.3) is 0 Å². The summed E-state index contributed by atoms with van der Waals surface area (Å²) in [4.78, 5) is 11.1. The van der Waals surface area contributed by atoms with Crippen molar-refractivity contribution in [2.24, 2.45) is 5.92 Å². The standard InChI is InChI=1S/C10H19NO2.ClH/c1-3-13-10(12)6-9-5-4-8(2)7-11-9;/h8-9,11H,3-7H2,1-2H3;1H. The highest BCUT2D eigenvalue weighted by atomic mass is 35.5. The molecule has 0 aromatic rings. The van der Waals surface area contributed by atoms with Crippen LogP contribution in [0.5, 0.6) is 0 Å². The maximum Gasteiger partial charge on any atom is 0.307 e. The predicted octanol–water partition coefficient (Wildman–Crippen LogP) is 1.75. The van der Waals surface area contributed by atoms with E-state index in [1.54, 1.807) is 0 Å². The fraction of sp³-hybridized carbons (Fsp3) is 0.900. The maximum absolute atomic E-state index is 11.1. The number of ether oxygens (including phenoxy) is 1. The largest absolute Gasteiger partial charge is 0.466 e. The first kappa shape index (κ1) is 13.7. The van der Waals surface area contributed by atoms with E-state index in [9.17, 15) is 4.79 Å². The van der Waals surface area contributed by atoms with E-state index in [-0.39, 0.29) is 18.4 Å². The molecule has 84 valence electrons. The van der Waals surface area contributed by atoms with Crippen molar-refractivity contribution in [2.75, 3.05) is 13.2 Å². The first-order valence-electron chi connectivity index (χ1n) is 5.11. The molecule has 4 heteroatoms. The van der Waals surface area contributed by atoms with Gasteiger partial charge in [-0.05, 0) is 32.2 Å². The molecule has 0 aromatic carbocycles. The SMILES string of the molecule is CCOC(=O)CC1CCC(C)CN1.Cl. The summed E-state index contributed by atoms with van der Waals surface area (Å²) in [5.74, 6) is 0.674. The number of esters is 1. The number of carbonyl (C=O) groups excluding carboxylic acids is 1. The van der Waals surface area contributed by atoms with Crippen molar-refractivity contribution in [2.45, 2.75) is 39.2 Å². The first-order valence-corrected chi connectivity index (χ1v) is 5.11. The van der Waals surface area contributed by atoms with E-state index in [2.05, 4.69) is 12.2 Å². The van der Waals surface area contributed by atoms with Crippen LogP contribution in [0.3, 0.4) is 0 Å². The minimum atomic E-state index is -0.0745. The number of rotatable bonds is 3. The summed E-state index contributed by atoms with van der Waals surface area (Å²) >= 11 is 0. The number of hydrogen-bond donors (Lipinski definition) is 1. The zero-order chi connectivity index (χ0) is 9.68. The Bertz CT molecular complexity index is 168. The average molecular weight is 222 g/mol. The van der Waals surface area contributed by atoms with Gasteiger partial charge in [0, 0.05) is 6.04 Å². The fourth-order valence-corrected chi connectivity index (χ4v) is 1.65. The molecule has 0 amide bonds. The summed E-state index contributed by atoms with van der Waals surface area (Å²) in [5, 5.41) is 3.36. The molecule has 1 aliphatic heterocycles. The number of hydrogen-bond acceptors (Lipinski definition) is 3. The van der Waals surface area contributed by atoms with Gasteiger partial charge in [0.1, 0.15) is 0 Å². The molecule has 0 aliphatic carbocycles. The molecule has 0 aromatic heterocycles. The van der Waals surface area contributed by atoms with Gasteiger partial charge in [-0.1, -0.05) is 6.92 Å². The Labute approximate surface area is 92.0 Å². The number of carbonyl (C=O) groups is 1. The zero-order valence-corrected chi connectivity index (χ0v) is 9.73. The van der Waals surface area contributed by atoms with E-state index in [1.165, 1.54) is 6.42 Å². The third kappa shape index (κ3) is 4.82. The van der Waals surface area contributed by atoms with Crippen LogP contribution in [0.15, 0.2) is 0 Å². The molecule has 1 fully saturated rings. The molecule has 1 N–H and O–H groups in total. The lowest BCUT2D eigenvalue weighted by Crippen LogP contribution is -2.39. The topological polar surface area (TPSA) is 38.3 Å². The maximum atomic E-state index is 11.1. The zero-order valence-electron chi connectivity index (χ0n) is 8.91. The highest BCUT2D eigenvalue weighted by Gasteiger charge is 2.20. The van der Waals surface area contributed by atoms with Crippen molar-refractivity contribution in [1.82, 2.24) is 5.32 Å². The minimum Gasteiger partial charge on any atom is -0.466 e. The molecule has 0 spiro atoms. The van der Waals surface area contributed by atoms with Gasteiger partial charge in [0.2, 0.25) is 0 Å². The lowest BCUT2D eigenvalue weighted by molar-refractivity contribution is -0.143. The van der Waals surface area contributed by atoms with Gasteiger partial charge in [-0.25, -0.2) is 0 Å². The van der Waals surface area contributed by atoms with E-state index >= 15 is 0 Å². The highest BCUT2D eigenvalue weighted by molar-refractivity contribution is 5.85. The van der Waals surface area contributed by atoms with Gasteiger partial charge in [0.15, 0.2) is 0 Å². The Morgan fingerprint density at radius 3 is 2.71 bits per heavy atom. The third-order valence-electron chi connectivity index (χ3n) is 2.48. The van der Waals surface area contributed by atoms with Crippen molar-refractivity contribution in [3.05, 3.63) is 0 Å². The number of halogens is 1. The Morgan fingerprint density at radius 2 is 2.21 bits per heavy atom. The van der Waals surface area contributed by atoms with Gasteiger partial charge in [0.05, 0.1) is 13.0 Å². The van der Waals surface area contributed by atoms with Crippen LogP contribution in [0.2, 0.25) is 0 Å². The van der Waals surface area contributed by atoms with E-state index in [1.807, 2.05) is 6.92 Å². The Hall–Kier alpha value is -0.280. The van der Waals surface area contributed by atoms with Crippen LogP contribution < -0.4 is 5.32 Å². The summed E-state index contributed by atoms with van der Waals surface area (Å²) in [5.41, 5.74) is 0. The molecule has 2 unspecified atom stereocenters. The first-order chi connectivity index (χ1) is 6.22. The quantitative estimate of drug-likeness (QED) is 0.738. The van der Waals surface area contributed by atoms with Crippen LogP contribution in [0.1, 0.15) is 33.1 Å². The van der Waals surface area contributed by atoms with Crippen molar-refractivity contribution in [3.63, 3.8) is 0 Å². The normalized spacial score (nSPS) is 26.4. The molecule has 2 atom stereocenters. The Morgan fingerprint density at radius 1 is 1.50 bits per heavy atom. The Balaban J connectivity index is 0.00000169. The van der Waals surface area contributed by atoms with Gasteiger partial charge >= 0.3 is 5.97 Å². The molecule has 0 bridgehead atoms. The van der Waals surface area contributed by atoms with Crippen molar-refractivity contribution in [3.8, 4) is 0 Å². The molecule has 1 aliphatic rings. The molecule has 1 heterocycles. The highest BCUT2D eigenvalue weighted by Crippen LogP contribution is 2.15. The van der Waals surface area contributed by atoms with Gasteiger partial charge in [-0.3, -0.25) is 4.79 Å². The average Bonchev–Trinajstić information content (AvgIpc) is 2.09. The second-order valence-corrected chi connectivity index (χ2v) is 3.80. The van der Waals surface area contributed by atoms with Gasteiger partial charge in [-0.2, -0.15) is 0 Å². The van der Waals surface area contributed by atoms with E-state index in [0.717, 1.165) is 18.9 Å². The molecular formula is C10H20ClNO2. The van der Waals surface area contributed by atoms with Crippen LogP contribution in [0.4, 0.5) is 0 Å². The Kier molecular flexibility index (Phi) is 6.93. The molecule has 0 saturated carbocycles. The van der Waals surface area contributed by atoms with Crippen molar-refractivity contribution in [1.29, 1.82) is 0 Å². The lowest BCUT2D eigenvalue weighted by Gasteiger charge is -2.26. The molecular weight excluding hydrogens is 202 g/mol. The van der Waals surface area contributed by atoms with Crippen LogP contribution in [0.25, 0.3) is 0 Å². The molecule has 1 rings (SSSR count). The van der Waals surface area contributed by atoms with Crippen LogP contribution in [-0.2, 0) is 9.53 Å². The predicted molar refractivity (Wildman–Crippen MR) is 58.7 cm³/mol. The minimum absolute atomic E-state index is 0. The van der Waals surface area contributed by atoms with E-state index < -0.39 is 0 Å². The van der Waals surface area contributed by atoms with Crippen molar-refractivity contribution >= 4 is 18.4 Å². The summed E-state index contributed by atoms with van der Waals surface area (Å²) < 4.78 is 4.89. The smallest absolute Gasteiger partial charge is 0.307 e. The van der Waals surface area contributed by atoms with E-state index in [0.29, 0.717) is 19.1 Å². The molecule has 1 saturated heterocycles. The fourth-order valence-electron chi connectivity index (χ4n) is 1.65. The number of piperidine rings is 1. The van der Waals surface area contributed by atoms with Gasteiger partial charge < -0.3 is 10.1 Å². The second kappa shape index (κ2) is 7.07. The molecule has 14 heavy (non-hydrogen) atoms. The van der Waals surface area contributed by atoms with Crippen LogP contribution in [0, 0.1) is 5.92 Å². The van der Waals surface area contributed by atoms with Crippen LogP contribution >= 0.6 is 12.4 Å². The number of nitrogens with one attached hydrogen (secondary N) is 1. The van der Waals surface area contributed by atoms with Gasteiger partial charge in [-0.15, -0.1) is 12.4 Å². The van der Waals surface area contributed by atoms with E-state index in [4.69, 9.17) is 4.74 Å². The van der Waals surface area contributed by atoms with Crippen LogP contribution in [-0.4, -0.2) is 25.2 Å².